The first-order chi connectivity index (χ1) is 10.9. The molecule has 0 atom stereocenters. The number of nitrogens with zero attached hydrogens (tertiary/aromatic N) is 1. The van der Waals surface area contributed by atoms with Crippen LogP contribution >= 0.6 is 0 Å². The smallest absolute Gasteiger partial charge is 0.355 e. The van der Waals surface area contributed by atoms with E-state index in [1.165, 1.54) is 18.2 Å². The van der Waals surface area contributed by atoms with Crippen molar-refractivity contribution >= 4 is 24.0 Å². The monoisotopic (exact) mass is 313 g/mol. The van der Waals surface area contributed by atoms with Gasteiger partial charge in [0, 0.05) is 11.8 Å². The fourth-order valence-electron chi connectivity index (χ4n) is 2.16. The summed E-state index contributed by atoms with van der Waals surface area (Å²) in [5.41, 5.74) is -1.11. The third kappa shape index (κ3) is 2.93. The highest BCUT2D eigenvalue weighted by Crippen LogP contribution is 2.30. The summed E-state index contributed by atoms with van der Waals surface area (Å²) in [4.78, 5) is 37.6. The number of hydrogen-bond donors (Lipinski definition) is 3. The van der Waals surface area contributed by atoms with E-state index in [1.54, 1.807) is 12.1 Å². The Kier molecular flexibility index (Phi) is 4.22. The molecule has 0 bridgehead atoms. The predicted octanol–water partition coefficient (Wildman–Crippen LogP) is 2.49. The maximum Gasteiger partial charge on any atom is 0.355 e. The molecule has 2 rings (SSSR count). The van der Waals surface area contributed by atoms with Gasteiger partial charge in [-0.05, 0) is 17.2 Å². The van der Waals surface area contributed by atoms with Crippen molar-refractivity contribution in [2.24, 2.45) is 0 Å². The molecular formula is C16H11NO6. The Bertz CT molecular complexity index is 840. The maximum atomic E-state index is 11.5. The molecule has 0 radical (unpaired) electrons. The number of aromatic nitrogens is 1. The van der Waals surface area contributed by atoms with Gasteiger partial charge in [-0.3, -0.25) is 0 Å². The molecule has 0 aliphatic carbocycles. The first kappa shape index (κ1) is 15.9. The van der Waals surface area contributed by atoms with Crippen molar-refractivity contribution in [1.29, 1.82) is 0 Å². The number of carbonyl (C=O) groups is 3. The third-order valence-corrected chi connectivity index (χ3v) is 3.14. The fourth-order valence-corrected chi connectivity index (χ4v) is 2.16. The van der Waals surface area contributed by atoms with Crippen LogP contribution in [0, 0.1) is 0 Å². The second kappa shape index (κ2) is 6.10. The molecule has 1 aromatic heterocycles. The van der Waals surface area contributed by atoms with Crippen LogP contribution in [0.3, 0.4) is 0 Å². The molecule has 1 heterocycles. The number of benzene rings is 1. The van der Waals surface area contributed by atoms with E-state index >= 15 is 0 Å². The fraction of sp³-hybridized carbons (Fsp3) is 0. The molecule has 0 spiro atoms. The lowest BCUT2D eigenvalue weighted by Crippen LogP contribution is -2.16. The Hall–Kier alpha value is -3.48. The molecule has 0 aliphatic heterocycles. The maximum absolute atomic E-state index is 11.5. The van der Waals surface area contributed by atoms with Crippen molar-refractivity contribution in [1.82, 2.24) is 4.98 Å². The Labute approximate surface area is 130 Å². The average Bonchev–Trinajstić information content (AvgIpc) is 2.53. The van der Waals surface area contributed by atoms with Crippen molar-refractivity contribution in [3.63, 3.8) is 0 Å². The molecule has 0 aliphatic rings. The van der Waals surface area contributed by atoms with E-state index in [1.807, 2.05) is 0 Å². The van der Waals surface area contributed by atoms with Crippen molar-refractivity contribution in [2.75, 3.05) is 0 Å². The first-order valence-electron chi connectivity index (χ1n) is 6.32. The molecule has 2 aromatic rings. The normalized spacial score (nSPS) is 10.1. The SMILES string of the molecule is C=Cc1cccc(-c2c(C(=O)O)cnc(C(=O)O)c2C(=O)O)c1. The van der Waals surface area contributed by atoms with Crippen molar-refractivity contribution in [3.8, 4) is 11.1 Å². The van der Waals surface area contributed by atoms with Gasteiger partial charge in [0.2, 0.25) is 0 Å². The van der Waals surface area contributed by atoms with Crippen LogP contribution in [0.25, 0.3) is 17.2 Å². The first-order valence-corrected chi connectivity index (χ1v) is 6.32. The van der Waals surface area contributed by atoms with E-state index in [4.69, 9.17) is 5.11 Å². The molecule has 3 N–H and O–H groups in total. The van der Waals surface area contributed by atoms with E-state index < -0.39 is 34.7 Å². The minimum absolute atomic E-state index is 0.207. The lowest BCUT2D eigenvalue weighted by molar-refractivity contribution is 0.0644. The predicted molar refractivity (Wildman–Crippen MR) is 80.6 cm³/mol. The van der Waals surface area contributed by atoms with Crippen LogP contribution in [0.2, 0.25) is 0 Å². The van der Waals surface area contributed by atoms with Gasteiger partial charge in [-0.1, -0.05) is 30.9 Å². The van der Waals surface area contributed by atoms with E-state index in [2.05, 4.69) is 11.6 Å². The summed E-state index contributed by atoms with van der Waals surface area (Å²) in [5.74, 6) is -4.53. The van der Waals surface area contributed by atoms with Gasteiger partial charge in [0.1, 0.15) is 5.56 Å². The van der Waals surface area contributed by atoms with Crippen LogP contribution in [0.15, 0.2) is 37.0 Å². The van der Waals surface area contributed by atoms with Crippen LogP contribution in [-0.2, 0) is 0 Å². The molecule has 0 saturated carbocycles. The van der Waals surface area contributed by atoms with Gasteiger partial charge < -0.3 is 15.3 Å². The second-order valence-electron chi connectivity index (χ2n) is 4.52. The van der Waals surface area contributed by atoms with Crippen molar-refractivity contribution < 1.29 is 29.7 Å². The standard InChI is InChI=1S/C16H11NO6/c1-2-8-4-3-5-9(6-8)11-10(14(18)19)7-17-13(16(22)23)12(11)15(20)21/h2-7H,1H2,(H,18,19)(H,20,21)(H,22,23). The summed E-state index contributed by atoms with van der Waals surface area (Å²) in [6, 6.07) is 6.29. The molecule has 116 valence electrons. The Morgan fingerprint density at radius 2 is 1.74 bits per heavy atom. The molecule has 23 heavy (non-hydrogen) atoms. The topological polar surface area (TPSA) is 125 Å². The van der Waals surface area contributed by atoms with E-state index in [9.17, 15) is 24.6 Å². The number of hydrogen-bond acceptors (Lipinski definition) is 4. The Morgan fingerprint density at radius 3 is 2.26 bits per heavy atom. The van der Waals surface area contributed by atoms with Crippen LogP contribution in [0.4, 0.5) is 0 Å². The number of aromatic carboxylic acids is 3. The van der Waals surface area contributed by atoms with Gasteiger partial charge >= 0.3 is 17.9 Å². The molecule has 0 unspecified atom stereocenters. The zero-order valence-electron chi connectivity index (χ0n) is 11.7. The summed E-state index contributed by atoms with van der Waals surface area (Å²) in [6.07, 6.45) is 2.35. The van der Waals surface area contributed by atoms with Crippen LogP contribution < -0.4 is 0 Å². The van der Waals surface area contributed by atoms with Crippen LogP contribution in [-0.4, -0.2) is 38.2 Å². The molecule has 7 nitrogen and oxygen atoms in total. The highest BCUT2D eigenvalue weighted by Gasteiger charge is 2.27. The summed E-state index contributed by atoms with van der Waals surface area (Å²) in [7, 11) is 0. The minimum atomic E-state index is -1.57. The largest absolute Gasteiger partial charge is 0.478 e. The Balaban J connectivity index is 2.94. The zero-order chi connectivity index (χ0) is 17.1. The van der Waals surface area contributed by atoms with Gasteiger partial charge in [-0.25, -0.2) is 19.4 Å². The summed E-state index contributed by atoms with van der Waals surface area (Å²) in [5, 5.41) is 27.8. The van der Waals surface area contributed by atoms with Gasteiger partial charge in [-0.2, -0.15) is 0 Å². The van der Waals surface area contributed by atoms with Crippen molar-refractivity contribution in [3.05, 3.63) is 59.4 Å². The molecular weight excluding hydrogens is 302 g/mol. The van der Waals surface area contributed by atoms with Crippen molar-refractivity contribution in [2.45, 2.75) is 0 Å². The number of carboxylic acids is 3. The third-order valence-electron chi connectivity index (χ3n) is 3.14. The zero-order valence-corrected chi connectivity index (χ0v) is 11.7. The highest BCUT2D eigenvalue weighted by molar-refractivity contribution is 6.10. The number of pyridine rings is 1. The quantitative estimate of drug-likeness (QED) is 0.774. The van der Waals surface area contributed by atoms with Gasteiger partial charge in [0.15, 0.2) is 5.69 Å². The molecule has 1 aromatic carbocycles. The minimum Gasteiger partial charge on any atom is -0.478 e. The van der Waals surface area contributed by atoms with E-state index in [-0.39, 0.29) is 11.1 Å². The summed E-state index contributed by atoms with van der Waals surface area (Å²) >= 11 is 0. The summed E-state index contributed by atoms with van der Waals surface area (Å²) < 4.78 is 0. The molecule has 0 saturated heterocycles. The van der Waals surface area contributed by atoms with E-state index in [0.717, 1.165) is 6.20 Å². The van der Waals surface area contributed by atoms with Crippen LogP contribution in [0.1, 0.15) is 36.8 Å². The lowest BCUT2D eigenvalue weighted by atomic mass is 9.93. The average molecular weight is 313 g/mol. The molecule has 0 fully saturated rings. The molecule has 7 heteroatoms. The van der Waals surface area contributed by atoms with Gasteiger partial charge in [0.05, 0.1) is 5.56 Å². The molecule has 0 amide bonds. The highest BCUT2D eigenvalue weighted by atomic mass is 16.4. The summed E-state index contributed by atoms with van der Waals surface area (Å²) in [6.45, 7) is 3.59. The number of rotatable bonds is 5. The van der Waals surface area contributed by atoms with Gasteiger partial charge in [0.25, 0.3) is 0 Å². The van der Waals surface area contributed by atoms with Crippen LogP contribution in [0.5, 0.6) is 0 Å². The van der Waals surface area contributed by atoms with E-state index in [0.29, 0.717) is 5.56 Å². The Morgan fingerprint density at radius 1 is 1.04 bits per heavy atom. The second-order valence-corrected chi connectivity index (χ2v) is 4.52. The van der Waals surface area contributed by atoms with Gasteiger partial charge in [-0.15, -0.1) is 0 Å². The number of carboxylic acid groups (broad SMARTS) is 3. The lowest BCUT2D eigenvalue weighted by Gasteiger charge is -2.12.